The van der Waals surface area contributed by atoms with Crippen LogP contribution < -0.4 is 10.4 Å². The number of fused-ring (bicyclic) bond motifs is 3. The maximum absolute atomic E-state index is 12.4. The summed E-state index contributed by atoms with van der Waals surface area (Å²) in [5.41, 5.74) is 5.20. The number of aliphatic carboxylic acids is 1. The molecular formula is C24H19BrNO4-. The number of carbonyl (C=O) groups excluding carboxylic acids is 2. The molecule has 3 aromatic carbocycles. The number of carbonyl (C=O) groups is 2. The quantitative estimate of drug-likeness (QED) is 0.603. The summed E-state index contributed by atoms with van der Waals surface area (Å²) in [5.74, 6) is -1.45. The topological polar surface area (TPSA) is 78.5 Å². The first-order chi connectivity index (χ1) is 14.5. The van der Waals surface area contributed by atoms with E-state index in [1.165, 1.54) is 0 Å². The maximum Gasteiger partial charge on any atom is 0.407 e. The lowest BCUT2D eigenvalue weighted by Crippen LogP contribution is -2.49. The minimum Gasteiger partial charge on any atom is -0.548 e. The summed E-state index contributed by atoms with van der Waals surface area (Å²) in [6.07, 6.45) is -0.688. The van der Waals surface area contributed by atoms with Crippen LogP contribution in [0.1, 0.15) is 22.6 Å². The third-order valence-corrected chi connectivity index (χ3v) is 6.08. The molecule has 0 aromatic heterocycles. The Morgan fingerprint density at radius 3 is 2.10 bits per heavy atom. The summed E-state index contributed by atoms with van der Waals surface area (Å²) in [4.78, 5) is 23.9. The van der Waals surface area contributed by atoms with E-state index in [1.54, 1.807) is 12.1 Å². The van der Waals surface area contributed by atoms with Gasteiger partial charge in [-0.25, -0.2) is 4.79 Å². The molecule has 5 nitrogen and oxygen atoms in total. The Kier molecular flexibility index (Phi) is 5.86. The molecule has 1 aliphatic carbocycles. The second-order valence-corrected chi connectivity index (χ2v) is 7.99. The average molecular weight is 465 g/mol. The number of rotatable bonds is 6. The summed E-state index contributed by atoms with van der Waals surface area (Å²) in [7, 11) is 0. The minimum absolute atomic E-state index is 0.0900. The highest BCUT2D eigenvalue weighted by Crippen LogP contribution is 2.44. The number of amides is 1. The zero-order valence-corrected chi connectivity index (χ0v) is 17.6. The van der Waals surface area contributed by atoms with Crippen LogP contribution in [0.4, 0.5) is 4.79 Å². The van der Waals surface area contributed by atoms with Gasteiger partial charge in [-0.2, -0.15) is 0 Å². The van der Waals surface area contributed by atoms with Gasteiger partial charge in [0.05, 0.1) is 12.0 Å². The third-order valence-electron chi connectivity index (χ3n) is 5.30. The van der Waals surface area contributed by atoms with Crippen molar-refractivity contribution < 1.29 is 19.4 Å². The smallest absolute Gasteiger partial charge is 0.407 e. The number of benzene rings is 3. The Morgan fingerprint density at radius 1 is 0.933 bits per heavy atom. The molecule has 6 heteroatoms. The van der Waals surface area contributed by atoms with Crippen molar-refractivity contribution in [2.24, 2.45) is 0 Å². The molecule has 0 bridgehead atoms. The van der Waals surface area contributed by atoms with E-state index in [9.17, 15) is 14.7 Å². The summed E-state index contributed by atoms with van der Waals surface area (Å²) < 4.78 is 6.20. The van der Waals surface area contributed by atoms with E-state index < -0.39 is 18.1 Å². The number of carboxylic acid groups (broad SMARTS) is 1. The van der Waals surface area contributed by atoms with Crippen molar-refractivity contribution >= 4 is 28.0 Å². The number of nitrogens with one attached hydrogen (secondary N) is 1. The Balaban J connectivity index is 1.44. The Bertz CT molecular complexity index is 1050. The number of hydrogen-bond donors (Lipinski definition) is 1. The standard InChI is InChI=1S/C24H20BrNO4/c25-21-12-6-1-7-15(21)13-22(23(27)28)26-24(29)30-14-20-18-10-4-2-8-16(18)17-9-3-5-11-19(17)20/h1-12,20,22H,13-14H2,(H,26,29)(H,27,28)/p-1. The van der Waals surface area contributed by atoms with E-state index in [1.807, 2.05) is 48.5 Å². The van der Waals surface area contributed by atoms with Gasteiger partial charge in [-0.1, -0.05) is 82.7 Å². The molecule has 0 radical (unpaired) electrons. The average Bonchev–Trinajstić information content (AvgIpc) is 3.07. The lowest BCUT2D eigenvalue weighted by atomic mass is 9.98. The lowest BCUT2D eigenvalue weighted by molar-refractivity contribution is -0.308. The highest BCUT2D eigenvalue weighted by molar-refractivity contribution is 9.10. The molecule has 1 N–H and O–H groups in total. The Hall–Kier alpha value is -3.12. The number of hydrogen-bond acceptors (Lipinski definition) is 4. The van der Waals surface area contributed by atoms with E-state index in [-0.39, 0.29) is 18.9 Å². The summed E-state index contributed by atoms with van der Waals surface area (Å²) in [6.45, 7) is 0.120. The highest BCUT2D eigenvalue weighted by Gasteiger charge is 2.29. The van der Waals surface area contributed by atoms with E-state index in [0.717, 1.165) is 32.3 Å². The maximum atomic E-state index is 12.4. The first-order valence-corrected chi connectivity index (χ1v) is 10.4. The monoisotopic (exact) mass is 464 g/mol. The Labute approximate surface area is 182 Å². The molecule has 0 aliphatic heterocycles. The van der Waals surface area contributed by atoms with E-state index in [4.69, 9.17) is 4.74 Å². The molecule has 152 valence electrons. The fraction of sp³-hybridized carbons (Fsp3) is 0.167. The molecule has 1 amide bonds. The molecule has 0 fully saturated rings. The van der Waals surface area contributed by atoms with Crippen molar-refractivity contribution in [1.82, 2.24) is 5.32 Å². The van der Waals surface area contributed by atoms with Crippen LogP contribution in [0, 0.1) is 0 Å². The predicted octanol–water partition coefficient (Wildman–Crippen LogP) is 3.65. The molecule has 0 saturated carbocycles. The van der Waals surface area contributed by atoms with Gasteiger partial charge in [0, 0.05) is 10.4 Å². The zero-order chi connectivity index (χ0) is 21.1. The largest absolute Gasteiger partial charge is 0.548 e. The zero-order valence-electron chi connectivity index (χ0n) is 16.0. The predicted molar refractivity (Wildman–Crippen MR) is 115 cm³/mol. The molecule has 0 spiro atoms. The van der Waals surface area contributed by atoms with Gasteiger partial charge in [-0.05, 0) is 40.3 Å². The van der Waals surface area contributed by atoms with Gasteiger partial charge in [0.25, 0.3) is 0 Å². The van der Waals surface area contributed by atoms with Gasteiger partial charge in [0.2, 0.25) is 0 Å². The van der Waals surface area contributed by atoms with Crippen molar-refractivity contribution in [1.29, 1.82) is 0 Å². The molecule has 1 unspecified atom stereocenters. The van der Waals surface area contributed by atoms with Gasteiger partial charge in [0.15, 0.2) is 0 Å². The Morgan fingerprint density at radius 2 is 1.50 bits per heavy atom. The van der Waals surface area contributed by atoms with Crippen LogP contribution in [0.5, 0.6) is 0 Å². The molecule has 1 aliphatic rings. The molecule has 3 aromatic rings. The molecule has 4 rings (SSSR count). The SMILES string of the molecule is O=C(NC(Cc1ccccc1Br)C(=O)[O-])OCC1c2ccccc2-c2ccccc21. The van der Waals surface area contributed by atoms with E-state index >= 15 is 0 Å². The van der Waals surface area contributed by atoms with Crippen molar-refractivity contribution in [3.63, 3.8) is 0 Å². The number of carboxylic acids is 1. The normalized spacial score (nSPS) is 13.2. The van der Waals surface area contributed by atoms with Gasteiger partial charge in [-0.3, -0.25) is 0 Å². The molecule has 0 heterocycles. The van der Waals surface area contributed by atoms with Crippen LogP contribution in [-0.4, -0.2) is 24.7 Å². The second-order valence-electron chi connectivity index (χ2n) is 7.14. The van der Waals surface area contributed by atoms with Crippen LogP contribution in [0.15, 0.2) is 77.3 Å². The van der Waals surface area contributed by atoms with Crippen LogP contribution in [0.2, 0.25) is 0 Å². The van der Waals surface area contributed by atoms with Crippen LogP contribution >= 0.6 is 15.9 Å². The molecule has 1 atom stereocenters. The fourth-order valence-corrected chi connectivity index (χ4v) is 4.31. The first kappa shape index (κ1) is 20.2. The number of alkyl carbamates (subject to hydrolysis) is 1. The van der Waals surface area contributed by atoms with Crippen molar-refractivity contribution in [2.45, 2.75) is 18.4 Å². The minimum atomic E-state index is -1.36. The third kappa shape index (κ3) is 4.09. The first-order valence-electron chi connectivity index (χ1n) is 9.60. The molecular weight excluding hydrogens is 446 g/mol. The molecule has 30 heavy (non-hydrogen) atoms. The van der Waals surface area contributed by atoms with Crippen LogP contribution in [-0.2, 0) is 16.0 Å². The lowest BCUT2D eigenvalue weighted by Gasteiger charge is -2.21. The number of halogens is 1. The number of ether oxygens (including phenoxy) is 1. The van der Waals surface area contributed by atoms with Crippen LogP contribution in [0.25, 0.3) is 11.1 Å². The molecule has 0 saturated heterocycles. The van der Waals surface area contributed by atoms with Gasteiger partial charge >= 0.3 is 6.09 Å². The van der Waals surface area contributed by atoms with E-state index in [2.05, 4.69) is 33.4 Å². The van der Waals surface area contributed by atoms with Crippen molar-refractivity contribution in [3.05, 3.63) is 94.0 Å². The van der Waals surface area contributed by atoms with E-state index in [0.29, 0.717) is 0 Å². The summed E-state index contributed by atoms with van der Waals surface area (Å²) in [5, 5.41) is 14.0. The second kappa shape index (κ2) is 8.71. The fourth-order valence-electron chi connectivity index (χ4n) is 3.86. The summed E-state index contributed by atoms with van der Waals surface area (Å²) >= 11 is 3.39. The van der Waals surface area contributed by atoms with Gasteiger partial charge in [-0.15, -0.1) is 0 Å². The van der Waals surface area contributed by atoms with Crippen LogP contribution in [0.3, 0.4) is 0 Å². The van der Waals surface area contributed by atoms with Gasteiger partial charge in [0.1, 0.15) is 6.61 Å². The van der Waals surface area contributed by atoms with Gasteiger partial charge < -0.3 is 20.0 Å². The van der Waals surface area contributed by atoms with Crippen molar-refractivity contribution in [3.8, 4) is 11.1 Å². The van der Waals surface area contributed by atoms with Crippen molar-refractivity contribution in [2.75, 3.05) is 6.61 Å². The highest BCUT2D eigenvalue weighted by atomic mass is 79.9. The summed E-state index contributed by atoms with van der Waals surface area (Å²) in [6, 6.07) is 22.1.